The van der Waals surface area contributed by atoms with E-state index in [1.54, 1.807) is 18.2 Å². The van der Waals surface area contributed by atoms with Crippen molar-refractivity contribution in [2.45, 2.75) is 25.5 Å². The Bertz CT molecular complexity index is 1090. The Hall–Kier alpha value is -3.39. The smallest absolute Gasteiger partial charge is 0.411 e. The first-order chi connectivity index (χ1) is 15.2. The number of nitrogens with one attached hydrogen (secondary N) is 3. The molecule has 0 radical (unpaired) electrons. The maximum Gasteiger partial charge on any atom is 0.411 e. The number of carbonyl (C=O) groups excluding carboxylic acids is 2. The number of ether oxygens (including phenoxy) is 1. The summed E-state index contributed by atoms with van der Waals surface area (Å²) in [5.74, 6) is 0.351. The Labute approximate surface area is 180 Å². The van der Waals surface area contributed by atoms with E-state index in [1.165, 1.54) is 0 Å². The van der Waals surface area contributed by atoms with Crippen LogP contribution in [0.1, 0.15) is 28.9 Å². The maximum absolute atomic E-state index is 12.9. The Morgan fingerprint density at radius 1 is 1.13 bits per heavy atom. The lowest BCUT2D eigenvalue weighted by Gasteiger charge is -2.44. The normalized spacial score (nSPS) is 22.3. The number of piperidine rings is 3. The zero-order chi connectivity index (χ0) is 21.2. The minimum Gasteiger partial charge on any atom is -0.444 e. The number of hydrogen-bond donors (Lipinski definition) is 3. The molecule has 3 fully saturated rings. The van der Waals surface area contributed by atoms with Gasteiger partial charge < -0.3 is 15.0 Å². The molecule has 0 unspecified atom stereocenters. The number of anilines is 1. The molecule has 8 heteroatoms. The highest BCUT2D eigenvalue weighted by molar-refractivity contribution is 6.06. The average molecular weight is 419 g/mol. The van der Waals surface area contributed by atoms with Gasteiger partial charge in [0.15, 0.2) is 5.69 Å². The number of aromatic nitrogens is 2. The molecular weight excluding hydrogens is 394 g/mol. The molecular formula is C23H25N5O3. The molecule has 4 heterocycles. The largest absolute Gasteiger partial charge is 0.444 e. The van der Waals surface area contributed by atoms with Gasteiger partial charge in [-0.1, -0.05) is 30.3 Å². The maximum atomic E-state index is 12.9. The summed E-state index contributed by atoms with van der Waals surface area (Å²) in [6, 6.07) is 14.9. The fourth-order valence-corrected chi connectivity index (χ4v) is 4.51. The predicted molar refractivity (Wildman–Crippen MR) is 117 cm³/mol. The second-order valence-electron chi connectivity index (χ2n) is 8.24. The number of H-pyrrole nitrogens is 1. The molecule has 3 N–H and O–H groups in total. The topological polar surface area (TPSA) is 99.3 Å². The van der Waals surface area contributed by atoms with E-state index in [4.69, 9.17) is 4.74 Å². The van der Waals surface area contributed by atoms with Crippen LogP contribution in [0.15, 0.2) is 48.5 Å². The number of hydrogen-bond acceptors (Lipinski definition) is 5. The van der Waals surface area contributed by atoms with E-state index < -0.39 is 6.09 Å². The fraction of sp³-hybridized carbons (Fsp3) is 0.348. The average Bonchev–Trinajstić information content (AvgIpc) is 3.23. The molecule has 3 aromatic rings. The van der Waals surface area contributed by atoms with Gasteiger partial charge in [-0.2, -0.15) is 5.10 Å². The molecule has 2 aromatic carbocycles. The summed E-state index contributed by atoms with van der Waals surface area (Å²) >= 11 is 0. The molecule has 3 saturated heterocycles. The van der Waals surface area contributed by atoms with Crippen LogP contribution >= 0.6 is 0 Å². The van der Waals surface area contributed by atoms with Crippen molar-refractivity contribution in [3.63, 3.8) is 0 Å². The van der Waals surface area contributed by atoms with Crippen LogP contribution in [0, 0.1) is 5.92 Å². The highest BCUT2D eigenvalue weighted by Crippen LogP contribution is 2.28. The molecule has 0 saturated carbocycles. The van der Waals surface area contributed by atoms with E-state index in [-0.39, 0.29) is 18.6 Å². The van der Waals surface area contributed by atoms with Crippen LogP contribution < -0.4 is 10.6 Å². The first-order valence-corrected chi connectivity index (χ1v) is 10.6. The summed E-state index contributed by atoms with van der Waals surface area (Å²) in [6.07, 6.45) is 1.71. The summed E-state index contributed by atoms with van der Waals surface area (Å²) in [5.41, 5.74) is 2.54. The van der Waals surface area contributed by atoms with Crippen LogP contribution in [-0.2, 0) is 11.3 Å². The predicted octanol–water partition coefficient (Wildman–Crippen LogP) is 3.14. The van der Waals surface area contributed by atoms with Crippen molar-refractivity contribution in [3.8, 4) is 0 Å². The molecule has 2 amide bonds. The van der Waals surface area contributed by atoms with Crippen molar-refractivity contribution in [3.05, 3.63) is 59.8 Å². The van der Waals surface area contributed by atoms with Gasteiger partial charge in [0.2, 0.25) is 0 Å². The van der Waals surface area contributed by atoms with E-state index in [2.05, 4.69) is 25.7 Å². The van der Waals surface area contributed by atoms with Crippen molar-refractivity contribution in [1.29, 1.82) is 0 Å². The number of aromatic amines is 1. The van der Waals surface area contributed by atoms with E-state index in [0.29, 0.717) is 22.7 Å². The van der Waals surface area contributed by atoms with Crippen LogP contribution in [0.25, 0.3) is 10.9 Å². The van der Waals surface area contributed by atoms with Gasteiger partial charge in [-0.05, 0) is 55.6 Å². The third kappa shape index (κ3) is 4.25. The minimum atomic E-state index is -0.551. The first kappa shape index (κ1) is 19.6. The lowest BCUT2D eigenvalue weighted by Crippen LogP contribution is -2.57. The Balaban J connectivity index is 1.25. The van der Waals surface area contributed by atoms with Crippen LogP contribution in [-0.4, -0.2) is 52.8 Å². The van der Waals surface area contributed by atoms with Gasteiger partial charge in [0.25, 0.3) is 5.91 Å². The Kier molecular flexibility index (Phi) is 5.30. The number of amides is 2. The van der Waals surface area contributed by atoms with Crippen molar-refractivity contribution in [2.75, 3.05) is 25.0 Å². The highest BCUT2D eigenvalue weighted by atomic mass is 16.5. The van der Waals surface area contributed by atoms with E-state index in [1.807, 2.05) is 30.3 Å². The lowest BCUT2D eigenvalue weighted by molar-refractivity contribution is 0.0618. The highest BCUT2D eigenvalue weighted by Gasteiger charge is 2.35. The second-order valence-corrected chi connectivity index (χ2v) is 8.24. The minimum absolute atomic E-state index is 0.163. The third-order valence-electron chi connectivity index (χ3n) is 6.21. The number of nitrogens with zero attached hydrogens (tertiary/aromatic N) is 2. The number of benzene rings is 2. The van der Waals surface area contributed by atoms with E-state index in [9.17, 15) is 9.59 Å². The van der Waals surface area contributed by atoms with E-state index >= 15 is 0 Å². The van der Waals surface area contributed by atoms with Crippen molar-refractivity contribution < 1.29 is 14.3 Å². The van der Waals surface area contributed by atoms with Gasteiger partial charge >= 0.3 is 6.09 Å². The van der Waals surface area contributed by atoms with E-state index in [0.717, 1.165) is 43.6 Å². The summed E-state index contributed by atoms with van der Waals surface area (Å²) in [4.78, 5) is 27.5. The lowest BCUT2D eigenvalue weighted by atomic mass is 9.84. The third-order valence-corrected chi connectivity index (χ3v) is 6.21. The van der Waals surface area contributed by atoms with Crippen molar-refractivity contribution in [1.82, 2.24) is 20.4 Å². The molecule has 2 bridgehead atoms. The van der Waals surface area contributed by atoms with Gasteiger partial charge in [0.1, 0.15) is 6.61 Å². The molecule has 31 heavy (non-hydrogen) atoms. The molecule has 0 spiro atoms. The Morgan fingerprint density at radius 3 is 2.68 bits per heavy atom. The zero-order valence-electron chi connectivity index (χ0n) is 17.1. The number of rotatable bonds is 5. The van der Waals surface area contributed by atoms with Crippen molar-refractivity contribution >= 4 is 28.6 Å². The van der Waals surface area contributed by atoms with Crippen LogP contribution in [0.4, 0.5) is 10.5 Å². The first-order valence-electron chi connectivity index (χ1n) is 10.6. The number of carbonyl (C=O) groups is 2. The van der Waals surface area contributed by atoms with Gasteiger partial charge in [0, 0.05) is 23.7 Å². The molecule has 1 atom stereocenters. The molecule has 3 aliphatic heterocycles. The van der Waals surface area contributed by atoms with Gasteiger partial charge in [-0.3, -0.25) is 15.2 Å². The zero-order valence-corrected chi connectivity index (χ0v) is 17.1. The molecule has 6 rings (SSSR count). The van der Waals surface area contributed by atoms with Crippen LogP contribution in [0.3, 0.4) is 0 Å². The molecule has 3 aliphatic rings. The molecule has 160 valence electrons. The standard InChI is InChI=1S/C23H25N5O3/c29-22(25-20-13-28-10-8-16(20)9-11-28)21-18-12-17(6-7-19(18)26-27-21)24-23(30)31-14-15-4-2-1-3-5-15/h1-7,12,16,20H,8-11,13-14H2,(H,24,30)(H,25,29)(H,26,27)/t20-/m0/s1. The van der Waals surface area contributed by atoms with Gasteiger partial charge in [-0.25, -0.2) is 4.79 Å². The summed E-state index contributed by atoms with van der Waals surface area (Å²) in [7, 11) is 0. The molecule has 0 aliphatic carbocycles. The summed E-state index contributed by atoms with van der Waals surface area (Å²) in [5, 5.41) is 13.7. The van der Waals surface area contributed by atoms with Gasteiger partial charge in [0.05, 0.1) is 5.52 Å². The monoisotopic (exact) mass is 419 g/mol. The van der Waals surface area contributed by atoms with Gasteiger partial charge in [-0.15, -0.1) is 0 Å². The van der Waals surface area contributed by atoms with Crippen molar-refractivity contribution in [2.24, 2.45) is 5.92 Å². The Morgan fingerprint density at radius 2 is 1.94 bits per heavy atom. The summed E-state index contributed by atoms with van der Waals surface area (Å²) < 4.78 is 5.27. The van der Waals surface area contributed by atoms with Crippen LogP contribution in [0.5, 0.6) is 0 Å². The quantitative estimate of drug-likeness (QED) is 0.590. The fourth-order valence-electron chi connectivity index (χ4n) is 4.51. The molecule has 8 nitrogen and oxygen atoms in total. The summed E-state index contributed by atoms with van der Waals surface area (Å²) in [6.45, 7) is 3.34. The van der Waals surface area contributed by atoms with Crippen LogP contribution in [0.2, 0.25) is 0 Å². The second kappa shape index (κ2) is 8.39. The molecule has 1 aromatic heterocycles. The SMILES string of the molecule is O=C(Nc1ccc2[nH]nc(C(=O)N[C@H]3CN4CCC3CC4)c2c1)OCc1ccccc1. The number of fused-ring (bicyclic) bond motifs is 4.